The lowest BCUT2D eigenvalue weighted by molar-refractivity contribution is 0.224. The highest BCUT2D eigenvalue weighted by Crippen LogP contribution is 2.26. The summed E-state index contributed by atoms with van der Waals surface area (Å²) >= 11 is 0. The van der Waals surface area contributed by atoms with Crippen molar-refractivity contribution < 1.29 is 5.11 Å². The number of aliphatic hydroxyl groups excluding tert-OH is 1. The number of aliphatic hydroxyl groups is 1. The Labute approximate surface area is 98.7 Å². The molecule has 0 amide bonds. The number of hydrogen-bond donors (Lipinski definition) is 2. The molecular formula is C14H23NO. The van der Waals surface area contributed by atoms with E-state index in [9.17, 15) is 0 Å². The molecule has 2 nitrogen and oxygen atoms in total. The van der Waals surface area contributed by atoms with Gasteiger partial charge in [0.25, 0.3) is 0 Å². The first-order valence-corrected chi connectivity index (χ1v) is 5.91. The van der Waals surface area contributed by atoms with Crippen molar-refractivity contribution in [2.45, 2.75) is 45.2 Å². The zero-order chi connectivity index (χ0) is 12.2. The van der Waals surface area contributed by atoms with Crippen molar-refractivity contribution in [2.24, 2.45) is 0 Å². The van der Waals surface area contributed by atoms with Crippen LogP contribution in [0.1, 0.15) is 33.3 Å². The van der Waals surface area contributed by atoms with E-state index in [4.69, 9.17) is 5.11 Å². The third kappa shape index (κ3) is 3.06. The van der Waals surface area contributed by atoms with E-state index in [1.54, 1.807) is 0 Å². The fourth-order valence-corrected chi connectivity index (χ4v) is 1.81. The molecule has 1 rings (SSSR count). The van der Waals surface area contributed by atoms with Crippen LogP contribution in [0, 0.1) is 0 Å². The summed E-state index contributed by atoms with van der Waals surface area (Å²) in [6.45, 7) is 8.79. The number of benzene rings is 1. The minimum Gasteiger partial charge on any atom is -0.395 e. The van der Waals surface area contributed by atoms with Crippen molar-refractivity contribution in [3.8, 4) is 0 Å². The van der Waals surface area contributed by atoms with Gasteiger partial charge in [-0.2, -0.15) is 0 Å². The minimum atomic E-state index is 0.0602. The summed E-state index contributed by atoms with van der Waals surface area (Å²) in [7, 11) is 0. The van der Waals surface area contributed by atoms with Crippen LogP contribution < -0.4 is 5.32 Å². The molecule has 0 aliphatic rings. The van der Waals surface area contributed by atoms with Gasteiger partial charge in [-0.05, 0) is 19.4 Å². The maximum Gasteiger partial charge on any atom is 0.0582 e. The van der Waals surface area contributed by atoms with E-state index < -0.39 is 0 Å². The van der Waals surface area contributed by atoms with Gasteiger partial charge in [0.15, 0.2) is 0 Å². The van der Waals surface area contributed by atoms with Crippen LogP contribution in [0.25, 0.3) is 0 Å². The van der Waals surface area contributed by atoms with Crippen LogP contribution >= 0.6 is 0 Å². The van der Waals surface area contributed by atoms with E-state index in [0.717, 1.165) is 0 Å². The maximum absolute atomic E-state index is 9.06. The summed E-state index contributed by atoms with van der Waals surface area (Å²) in [5.41, 5.74) is 1.38. The molecule has 0 saturated heterocycles. The predicted octanol–water partition coefficient (Wildman–Crippen LogP) is 2.32. The molecule has 0 aliphatic heterocycles. The van der Waals surface area contributed by atoms with Crippen molar-refractivity contribution in [2.75, 3.05) is 6.61 Å². The smallest absolute Gasteiger partial charge is 0.0582 e. The number of hydrogen-bond acceptors (Lipinski definition) is 2. The molecule has 1 aromatic rings. The predicted molar refractivity (Wildman–Crippen MR) is 68.6 cm³/mol. The molecule has 2 atom stereocenters. The summed E-state index contributed by atoms with van der Waals surface area (Å²) in [5.74, 6) is 0. The Hall–Kier alpha value is -0.860. The van der Waals surface area contributed by atoms with Gasteiger partial charge in [0.2, 0.25) is 0 Å². The highest BCUT2D eigenvalue weighted by molar-refractivity contribution is 5.25. The van der Waals surface area contributed by atoms with Crippen LogP contribution in [0.15, 0.2) is 30.3 Å². The second-order valence-corrected chi connectivity index (χ2v) is 5.06. The zero-order valence-corrected chi connectivity index (χ0v) is 10.7. The number of rotatable bonds is 5. The van der Waals surface area contributed by atoms with Gasteiger partial charge in [0.05, 0.1) is 6.61 Å². The lowest BCUT2D eigenvalue weighted by Crippen LogP contribution is -2.47. The van der Waals surface area contributed by atoms with Gasteiger partial charge in [0.1, 0.15) is 0 Å². The van der Waals surface area contributed by atoms with Gasteiger partial charge in [0, 0.05) is 17.5 Å². The Morgan fingerprint density at radius 1 is 1.19 bits per heavy atom. The standard InChI is InChI=1S/C14H23NO/c1-11(10-16)15-12(2)14(3,4)13-8-6-5-7-9-13/h5-9,11-12,15-16H,10H2,1-4H3/t11-,12?/m0/s1. The molecule has 2 heteroatoms. The maximum atomic E-state index is 9.06. The zero-order valence-electron chi connectivity index (χ0n) is 10.7. The summed E-state index contributed by atoms with van der Waals surface area (Å²) < 4.78 is 0. The lowest BCUT2D eigenvalue weighted by Gasteiger charge is -2.34. The van der Waals surface area contributed by atoms with Gasteiger partial charge in [-0.15, -0.1) is 0 Å². The quantitative estimate of drug-likeness (QED) is 0.800. The lowest BCUT2D eigenvalue weighted by atomic mass is 9.78. The first-order chi connectivity index (χ1) is 7.48. The Morgan fingerprint density at radius 2 is 1.75 bits per heavy atom. The molecule has 1 aromatic carbocycles. The van der Waals surface area contributed by atoms with Crippen molar-refractivity contribution >= 4 is 0 Å². The van der Waals surface area contributed by atoms with Gasteiger partial charge >= 0.3 is 0 Å². The third-order valence-corrected chi connectivity index (χ3v) is 3.41. The summed E-state index contributed by atoms with van der Waals surface area (Å²) in [4.78, 5) is 0. The van der Waals surface area contributed by atoms with Crippen molar-refractivity contribution in [3.05, 3.63) is 35.9 Å². The summed E-state index contributed by atoms with van der Waals surface area (Å²) in [6.07, 6.45) is 0. The fourth-order valence-electron chi connectivity index (χ4n) is 1.81. The second kappa shape index (κ2) is 5.46. The molecule has 90 valence electrons. The average molecular weight is 221 g/mol. The van der Waals surface area contributed by atoms with E-state index in [1.165, 1.54) is 5.56 Å². The van der Waals surface area contributed by atoms with Crippen molar-refractivity contribution in [3.63, 3.8) is 0 Å². The van der Waals surface area contributed by atoms with Gasteiger partial charge in [-0.25, -0.2) is 0 Å². The molecule has 0 fully saturated rings. The van der Waals surface area contributed by atoms with Gasteiger partial charge < -0.3 is 10.4 Å². The van der Waals surface area contributed by atoms with Crippen LogP contribution in [0.3, 0.4) is 0 Å². The first-order valence-electron chi connectivity index (χ1n) is 5.91. The van der Waals surface area contributed by atoms with Crippen LogP contribution in [0.4, 0.5) is 0 Å². The molecular weight excluding hydrogens is 198 g/mol. The molecule has 0 aromatic heterocycles. The molecule has 0 radical (unpaired) electrons. The van der Waals surface area contributed by atoms with E-state index in [0.29, 0.717) is 6.04 Å². The monoisotopic (exact) mass is 221 g/mol. The molecule has 2 N–H and O–H groups in total. The SMILES string of the molecule is CC(N[C@@H](C)CO)C(C)(C)c1ccccc1. The summed E-state index contributed by atoms with van der Waals surface area (Å²) in [5, 5.41) is 12.5. The van der Waals surface area contributed by atoms with Crippen molar-refractivity contribution in [1.29, 1.82) is 0 Å². The van der Waals surface area contributed by atoms with Crippen molar-refractivity contribution in [1.82, 2.24) is 5.32 Å². The third-order valence-electron chi connectivity index (χ3n) is 3.41. The molecule has 0 heterocycles. The Kier molecular flexibility index (Phi) is 4.51. The molecule has 1 unspecified atom stereocenters. The topological polar surface area (TPSA) is 32.3 Å². The normalized spacial score (nSPS) is 15.8. The fraction of sp³-hybridized carbons (Fsp3) is 0.571. The van der Waals surface area contributed by atoms with E-state index >= 15 is 0 Å². The first kappa shape index (κ1) is 13.2. The molecule has 0 aliphatic carbocycles. The highest BCUT2D eigenvalue weighted by Gasteiger charge is 2.28. The van der Waals surface area contributed by atoms with Crippen LogP contribution in [0.5, 0.6) is 0 Å². The highest BCUT2D eigenvalue weighted by atomic mass is 16.3. The number of nitrogens with one attached hydrogen (secondary N) is 1. The minimum absolute atomic E-state index is 0.0602. The van der Waals surface area contributed by atoms with E-state index in [2.05, 4.69) is 50.4 Å². The second-order valence-electron chi connectivity index (χ2n) is 5.06. The summed E-state index contributed by atoms with van der Waals surface area (Å²) in [6, 6.07) is 10.9. The average Bonchev–Trinajstić information content (AvgIpc) is 2.29. The van der Waals surface area contributed by atoms with E-state index in [1.807, 2.05) is 13.0 Å². The van der Waals surface area contributed by atoms with Gasteiger partial charge in [-0.1, -0.05) is 44.2 Å². The van der Waals surface area contributed by atoms with Crippen LogP contribution in [-0.4, -0.2) is 23.8 Å². The molecule has 0 spiro atoms. The molecule has 16 heavy (non-hydrogen) atoms. The molecule has 0 saturated carbocycles. The largest absolute Gasteiger partial charge is 0.395 e. The Bertz CT molecular complexity index is 308. The molecule has 0 bridgehead atoms. The Balaban J connectivity index is 2.77. The Morgan fingerprint density at radius 3 is 2.25 bits per heavy atom. The van der Waals surface area contributed by atoms with E-state index in [-0.39, 0.29) is 18.1 Å². The van der Waals surface area contributed by atoms with Gasteiger partial charge in [-0.3, -0.25) is 0 Å². The van der Waals surface area contributed by atoms with Crippen LogP contribution in [-0.2, 0) is 5.41 Å². The van der Waals surface area contributed by atoms with Crippen LogP contribution in [0.2, 0.25) is 0 Å².